The molecule has 6 aromatic rings. The highest BCUT2D eigenvalue weighted by Crippen LogP contribution is 2.03. The summed E-state index contributed by atoms with van der Waals surface area (Å²) in [5.41, 5.74) is 4.01. The summed E-state index contributed by atoms with van der Waals surface area (Å²) < 4.78 is 0. The lowest BCUT2D eigenvalue weighted by molar-refractivity contribution is 1.18. The quantitative estimate of drug-likeness (QED) is 0.384. The van der Waals surface area contributed by atoms with Gasteiger partial charge in [-0.25, -0.2) is 24.9 Å². The van der Waals surface area contributed by atoms with Crippen molar-refractivity contribution in [3.05, 3.63) is 92.4 Å². The van der Waals surface area contributed by atoms with Crippen LogP contribution in [0.1, 0.15) is 0 Å². The van der Waals surface area contributed by atoms with Crippen molar-refractivity contribution < 1.29 is 0 Å². The number of pyridine rings is 3. The van der Waals surface area contributed by atoms with Crippen LogP contribution in [0.15, 0.2) is 92.4 Å². The summed E-state index contributed by atoms with van der Waals surface area (Å²) in [5, 5.41) is 0.977. The maximum absolute atomic E-state index is 4.08. The summed E-state index contributed by atoms with van der Waals surface area (Å²) in [7, 11) is 0. The van der Waals surface area contributed by atoms with Gasteiger partial charge in [-0.15, -0.1) is 0 Å². The first kappa shape index (κ1) is 18.8. The molecule has 0 saturated carbocycles. The summed E-state index contributed by atoms with van der Waals surface area (Å²) >= 11 is 0. The van der Waals surface area contributed by atoms with Crippen molar-refractivity contribution in [2.24, 2.45) is 0 Å². The fourth-order valence-corrected chi connectivity index (χ4v) is 2.44. The van der Waals surface area contributed by atoms with E-state index in [1.807, 2.05) is 30.3 Å². The van der Waals surface area contributed by atoms with Gasteiger partial charge < -0.3 is 0 Å². The first-order valence-electron chi connectivity index (χ1n) is 8.93. The van der Waals surface area contributed by atoms with Gasteiger partial charge in [-0.05, 0) is 30.3 Å². The van der Waals surface area contributed by atoms with E-state index in [2.05, 4.69) is 44.9 Å². The van der Waals surface area contributed by atoms with E-state index in [4.69, 9.17) is 0 Å². The van der Waals surface area contributed by atoms with E-state index in [-0.39, 0.29) is 0 Å². The zero-order valence-corrected chi connectivity index (χ0v) is 15.7. The Bertz CT molecular complexity index is 1010. The molecule has 0 bridgehead atoms. The molecule has 0 aromatic carbocycles. The van der Waals surface area contributed by atoms with Crippen LogP contribution in [-0.4, -0.2) is 44.9 Å². The number of nitrogens with zero attached hydrogens (tertiary/aromatic N) is 9. The van der Waals surface area contributed by atoms with Gasteiger partial charge in [0, 0.05) is 55.0 Å². The van der Waals surface area contributed by atoms with Crippen molar-refractivity contribution in [2.45, 2.75) is 0 Å². The van der Waals surface area contributed by atoms with E-state index in [9.17, 15) is 0 Å². The predicted octanol–water partition coefficient (Wildman–Crippen LogP) is 3.07. The average Bonchev–Trinajstić information content (AvgIpc) is 2.85. The Labute approximate surface area is 171 Å². The lowest BCUT2D eigenvalue weighted by Crippen LogP contribution is -1.83. The van der Waals surface area contributed by atoms with Gasteiger partial charge in [-0.2, -0.15) is 0 Å². The van der Waals surface area contributed by atoms with Crippen LogP contribution in [-0.2, 0) is 0 Å². The van der Waals surface area contributed by atoms with Gasteiger partial charge >= 0.3 is 0 Å². The van der Waals surface area contributed by atoms with Gasteiger partial charge in [0.1, 0.15) is 17.4 Å². The summed E-state index contributed by atoms with van der Waals surface area (Å²) in [4.78, 5) is 36.0. The molecule has 6 rings (SSSR count). The molecule has 0 aliphatic heterocycles. The maximum atomic E-state index is 4.08. The fraction of sp³-hybridized carbons (Fsp3) is 0. The van der Waals surface area contributed by atoms with E-state index >= 15 is 0 Å². The molecule has 144 valence electrons. The molecular weight excluding hydrogens is 378 g/mol. The van der Waals surface area contributed by atoms with Crippen molar-refractivity contribution in [1.82, 2.24) is 44.9 Å². The van der Waals surface area contributed by atoms with E-state index in [0.717, 1.165) is 27.6 Å². The number of aromatic nitrogens is 9. The third-order valence-electron chi connectivity index (χ3n) is 3.79. The molecule has 0 aliphatic carbocycles. The third kappa shape index (κ3) is 4.84. The highest BCUT2D eigenvalue weighted by molar-refractivity contribution is 5.72. The summed E-state index contributed by atoms with van der Waals surface area (Å²) in [6.07, 6.45) is 16.7. The van der Waals surface area contributed by atoms with Crippen LogP contribution in [0.2, 0.25) is 0 Å². The first-order valence-corrected chi connectivity index (χ1v) is 8.93. The molecule has 0 unspecified atom stereocenters. The van der Waals surface area contributed by atoms with Crippen LogP contribution in [0, 0.1) is 0 Å². The summed E-state index contributed by atoms with van der Waals surface area (Å²) in [6, 6.07) is 9.36. The minimum absolute atomic E-state index is 0.699. The Hall–Kier alpha value is -4.53. The highest BCUT2D eigenvalue weighted by atomic mass is 14.9. The molecule has 6 aromatic heterocycles. The monoisotopic (exact) mass is 393 g/mol. The molecule has 0 radical (unpaired) electrons. The van der Waals surface area contributed by atoms with Gasteiger partial charge in [0.25, 0.3) is 0 Å². The van der Waals surface area contributed by atoms with E-state index in [1.165, 1.54) is 6.33 Å². The van der Waals surface area contributed by atoms with Crippen molar-refractivity contribution in [3.8, 4) is 0 Å². The van der Waals surface area contributed by atoms with Crippen molar-refractivity contribution >= 4 is 33.2 Å². The Morgan fingerprint density at radius 2 is 1.13 bits per heavy atom. The Kier molecular flexibility index (Phi) is 6.02. The van der Waals surface area contributed by atoms with E-state index < -0.39 is 0 Å². The zero-order chi connectivity index (χ0) is 20.4. The topological polar surface area (TPSA) is 116 Å². The largest absolute Gasteiger partial charge is 0.262 e. The zero-order valence-electron chi connectivity index (χ0n) is 15.7. The van der Waals surface area contributed by atoms with Crippen LogP contribution >= 0.6 is 0 Å². The van der Waals surface area contributed by atoms with Gasteiger partial charge in [0.2, 0.25) is 0 Å². The Balaban J connectivity index is 0.000000109. The second-order valence-electron chi connectivity index (χ2n) is 5.76. The standard InChI is InChI=1S/3C7H5N3/c1-2-8-5-7-6(1)9-3-4-10-7;1-2-6-4-8-5-10-7(6)9-3-1;1-2-6-7(9-3-1)10-5-4-8-6/h3*1-5H. The highest BCUT2D eigenvalue weighted by Gasteiger charge is 1.91. The molecule has 6 heterocycles. The molecule has 30 heavy (non-hydrogen) atoms. The Morgan fingerprint density at radius 3 is 1.93 bits per heavy atom. The van der Waals surface area contributed by atoms with Crippen LogP contribution in [0.4, 0.5) is 0 Å². The molecular formula is C21H15N9. The number of hydrogen-bond acceptors (Lipinski definition) is 9. The second-order valence-corrected chi connectivity index (χ2v) is 5.76. The normalized spacial score (nSPS) is 10.0. The number of fused-ring (bicyclic) bond motifs is 3. The van der Waals surface area contributed by atoms with Crippen LogP contribution in [0.25, 0.3) is 33.2 Å². The molecule has 0 spiro atoms. The summed E-state index contributed by atoms with van der Waals surface area (Å²) in [5.74, 6) is 0. The van der Waals surface area contributed by atoms with Gasteiger partial charge in [0.15, 0.2) is 11.3 Å². The molecule has 9 nitrogen and oxygen atoms in total. The molecule has 0 atom stereocenters. The van der Waals surface area contributed by atoms with E-state index in [0.29, 0.717) is 5.65 Å². The second kappa shape index (κ2) is 9.60. The molecule has 0 fully saturated rings. The summed E-state index contributed by atoms with van der Waals surface area (Å²) in [6.45, 7) is 0. The molecule has 0 saturated heterocycles. The van der Waals surface area contributed by atoms with Gasteiger partial charge in [0.05, 0.1) is 11.7 Å². The maximum Gasteiger partial charge on any atom is 0.178 e. The molecule has 0 aliphatic rings. The molecule has 0 N–H and O–H groups in total. The van der Waals surface area contributed by atoms with Crippen LogP contribution in [0.3, 0.4) is 0 Å². The van der Waals surface area contributed by atoms with Gasteiger partial charge in [-0.3, -0.25) is 19.9 Å². The lowest BCUT2D eigenvalue weighted by atomic mass is 10.3. The number of rotatable bonds is 0. The van der Waals surface area contributed by atoms with Crippen molar-refractivity contribution in [2.75, 3.05) is 0 Å². The number of hydrogen-bond donors (Lipinski definition) is 0. The SMILES string of the molecule is c1cc2nccnc2cn1.c1cnc2nccnc2c1.c1cnc2ncncc2c1. The van der Waals surface area contributed by atoms with Gasteiger partial charge in [-0.1, -0.05) is 0 Å². The first-order chi connectivity index (χ1) is 14.9. The van der Waals surface area contributed by atoms with Crippen LogP contribution < -0.4 is 0 Å². The fourth-order valence-electron chi connectivity index (χ4n) is 2.44. The van der Waals surface area contributed by atoms with Crippen LogP contribution in [0.5, 0.6) is 0 Å². The Morgan fingerprint density at radius 1 is 0.433 bits per heavy atom. The third-order valence-corrected chi connectivity index (χ3v) is 3.79. The average molecular weight is 393 g/mol. The van der Waals surface area contributed by atoms with Crippen molar-refractivity contribution in [1.29, 1.82) is 0 Å². The lowest BCUT2D eigenvalue weighted by Gasteiger charge is -1.90. The molecule has 0 amide bonds. The van der Waals surface area contributed by atoms with Crippen molar-refractivity contribution in [3.63, 3.8) is 0 Å². The minimum Gasteiger partial charge on any atom is -0.262 e. The minimum atomic E-state index is 0.699. The smallest absolute Gasteiger partial charge is 0.178 e. The predicted molar refractivity (Wildman–Crippen MR) is 112 cm³/mol. The van der Waals surface area contributed by atoms with E-state index in [1.54, 1.807) is 55.8 Å². The molecule has 9 heteroatoms.